The second-order valence-corrected chi connectivity index (χ2v) is 4.87. The van der Waals surface area contributed by atoms with Crippen molar-refractivity contribution in [3.05, 3.63) is 46.9 Å². The van der Waals surface area contributed by atoms with Gasteiger partial charge in [-0.3, -0.25) is 4.79 Å². The zero-order chi connectivity index (χ0) is 14.9. The topological polar surface area (TPSA) is 94.3 Å². The summed E-state index contributed by atoms with van der Waals surface area (Å²) in [7, 11) is 0. The fraction of sp³-hybridized carbons (Fsp3) is 0.267. The molecule has 0 aliphatic rings. The van der Waals surface area contributed by atoms with E-state index < -0.39 is 5.91 Å². The van der Waals surface area contributed by atoms with Crippen LogP contribution in [0.2, 0.25) is 0 Å². The number of nitrogen functional groups attached to an aromatic ring is 1. The second kappa shape index (κ2) is 5.28. The third-order valence-corrected chi connectivity index (χ3v) is 3.29. The van der Waals surface area contributed by atoms with E-state index in [0.717, 1.165) is 17.1 Å². The Balaban J connectivity index is 2.28. The number of hydrogen-bond donors (Lipinski definition) is 3. The monoisotopic (exact) mass is 273 g/mol. The van der Waals surface area contributed by atoms with E-state index >= 15 is 0 Å². The minimum atomic E-state index is -0.533. The van der Waals surface area contributed by atoms with Gasteiger partial charge in [0, 0.05) is 5.56 Å². The van der Waals surface area contributed by atoms with E-state index in [-0.39, 0.29) is 6.04 Å². The second-order valence-electron chi connectivity index (χ2n) is 4.87. The number of amides is 1. The molecule has 0 saturated carbocycles. The van der Waals surface area contributed by atoms with Crippen LogP contribution in [0.15, 0.2) is 28.7 Å². The molecule has 1 aromatic heterocycles. The number of carbonyl (C=O) groups excluding carboxylic acids is 1. The highest BCUT2D eigenvalue weighted by Crippen LogP contribution is 2.29. The van der Waals surface area contributed by atoms with E-state index in [0.29, 0.717) is 16.9 Å². The molecule has 0 aliphatic heterocycles. The standard InChI is InChI=1S/C15H19N3O2/c1-8-7-12(10(3)20-8)9(2)18-13-6-4-5-11(14(13)16)15(17)19/h4-7,9,18H,16H2,1-3H3,(H2,17,19). The number of nitrogens with one attached hydrogen (secondary N) is 1. The van der Waals surface area contributed by atoms with Gasteiger partial charge >= 0.3 is 0 Å². The van der Waals surface area contributed by atoms with Crippen molar-refractivity contribution in [3.8, 4) is 0 Å². The molecule has 5 nitrogen and oxygen atoms in total. The molecule has 5 heteroatoms. The Kier molecular flexibility index (Phi) is 3.70. The van der Waals surface area contributed by atoms with Gasteiger partial charge in [-0.15, -0.1) is 0 Å². The van der Waals surface area contributed by atoms with Crippen LogP contribution in [0.4, 0.5) is 11.4 Å². The minimum Gasteiger partial charge on any atom is -0.466 e. The van der Waals surface area contributed by atoms with Crippen LogP contribution in [-0.2, 0) is 0 Å². The van der Waals surface area contributed by atoms with Crippen molar-refractivity contribution in [3.63, 3.8) is 0 Å². The Bertz CT molecular complexity index is 647. The van der Waals surface area contributed by atoms with Crippen LogP contribution in [0.1, 0.15) is 40.4 Å². The summed E-state index contributed by atoms with van der Waals surface area (Å²) in [6.45, 7) is 5.84. The molecule has 2 aromatic rings. The number of carbonyl (C=O) groups is 1. The van der Waals surface area contributed by atoms with Crippen LogP contribution in [0.5, 0.6) is 0 Å². The molecule has 0 saturated heterocycles. The molecule has 0 bridgehead atoms. The first-order chi connectivity index (χ1) is 9.40. The van der Waals surface area contributed by atoms with E-state index in [4.69, 9.17) is 15.9 Å². The van der Waals surface area contributed by atoms with Crippen LogP contribution in [-0.4, -0.2) is 5.91 Å². The van der Waals surface area contributed by atoms with Gasteiger partial charge in [-0.05, 0) is 39.0 Å². The van der Waals surface area contributed by atoms with Crippen LogP contribution >= 0.6 is 0 Å². The van der Waals surface area contributed by atoms with Gasteiger partial charge in [0.15, 0.2) is 0 Å². The molecule has 20 heavy (non-hydrogen) atoms. The summed E-state index contributed by atoms with van der Waals surface area (Å²) < 4.78 is 5.52. The number of rotatable bonds is 4. The lowest BCUT2D eigenvalue weighted by Crippen LogP contribution is -2.16. The molecule has 1 unspecified atom stereocenters. The van der Waals surface area contributed by atoms with Crippen molar-refractivity contribution < 1.29 is 9.21 Å². The SMILES string of the molecule is Cc1cc(C(C)Nc2cccc(C(N)=O)c2N)c(C)o1. The molecule has 0 aliphatic carbocycles. The van der Waals surface area contributed by atoms with Crippen LogP contribution in [0.3, 0.4) is 0 Å². The van der Waals surface area contributed by atoms with E-state index in [1.807, 2.05) is 32.9 Å². The van der Waals surface area contributed by atoms with Crippen molar-refractivity contribution in [2.75, 3.05) is 11.1 Å². The van der Waals surface area contributed by atoms with Crippen molar-refractivity contribution in [1.82, 2.24) is 0 Å². The zero-order valence-electron chi connectivity index (χ0n) is 11.9. The van der Waals surface area contributed by atoms with E-state index in [9.17, 15) is 4.79 Å². The summed E-state index contributed by atoms with van der Waals surface area (Å²) in [6, 6.07) is 7.18. The van der Waals surface area contributed by atoms with Crippen molar-refractivity contribution in [1.29, 1.82) is 0 Å². The van der Waals surface area contributed by atoms with Gasteiger partial charge in [0.1, 0.15) is 11.5 Å². The molecule has 106 valence electrons. The average Bonchev–Trinajstić information content (AvgIpc) is 2.70. The van der Waals surface area contributed by atoms with Crippen molar-refractivity contribution in [2.24, 2.45) is 5.73 Å². The van der Waals surface area contributed by atoms with E-state index in [2.05, 4.69) is 5.32 Å². The molecular formula is C15H19N3O2. The number of para-hydroxylation sites is 1. The average molecular weight is 273 g/mol. The Morgan fingerprint density at radius 3 is 2.60 bits per heavy atom. The Hall–Kier alpha value is -2.43. The van der Waals surface area contributed by atoms with Crippen molar-refractivity contribution in [2.45, 2.75) is 26.8 Å². The first-order valence-corrected chi connectivity index (χ1v) is 6.42. The zero-order valence-corrected chi connectivity index (χ0v) is 11.9. The smallest absolute Gasteiger partial charge is 0.250 e. The summed E-state index contributed by atoms with van der Waals surface area (Å²) in [5.74, 6) is 1.20. The minimum absolute atomic E-state index is 0.0119. The highest BCUT2D eigenvalue weighted by Gasteiger charge is 2.15. The van der Waals surface area contributed by atoms with Gasteiger partial charge in [-0.25, -0.2) is 0 Å². The summed E-state index contributed by atoms with van der Waals surface area (Å²) >= 11 is 0. The van der Waals surface area contributed by atoms with Gasteiger partial charge in [0.05, 0.1) is 23.0 Å². The van der Waals surface area contributed by atoms with Crippen LogP contribution < -0.4 is 16.8 Å². The maximum absolute atomic E-state index is 11.3. The number of primary amides is 1. The van der Waals surface area contributed by atoms with Crippen LogP contribution in [0.25, 0.3) is 0 Å². The first kappa shape index (κ1) is 14.0. The van der Waals surface area contributed by atoms with Gasteiger partial charge in [0.2, 0.25) is 0 Å². The molecule has 0 spiro atoms. The third kappa shape index (κ3) is 2.61. The fourth-order valence-electron chi connectivity index (χ4n) is 2.30. The summed E-state index contributed by atoms with van der Waals surface area (Å²) in [5, 5.41) is 3.28. The molecular weight excluding hydrogens is 254 g/mol. The molecule has 0 fully saturated rings. The lowest BCUT2D eigenvalue weighted by atomic mass is 10.1. The largest absolute Gasteiger partial charge is 0.466 e. The molecule has 1 amide bonds. The molecule has 1 atom stereocenters. The lowest BCUT2D eigenvalue weighted by Gasteiger charge is -2.17. The van der Waals surface area contributed by atoms with E-state index in [1.165, 1.54) is 0 Å². The van der Waals surface area contributed by atoms with Gasteiger partial charge in [0.25, 0.3) is 5.91 Å². The Morgan fingerprint density at radius 1 is 1.35 bits per heavy atom. The molecule has 1 heterocycles. The van der Waals surface area contributed by atoms with Gasteiger partial charge < -0.3 is 21.2 Å². The summed E-state index contributed by atoms with van der Waals surface area (Å²) in [5.41, 5.74) is 13.7. The normalized spacial score (nSPS) is 12.2. The third-order valence-electron chi connectivity index (χ3n) is 3.29. The first-order valence-electron chi connectivity index (χ1n) is 6.42. The van der Waals surface area contributed by atoms with E-state index in [1.54, 1.807) is 12.1 Å². The Morgan fingerprint density at radius 2 is 2.05 bits per heavy atom. The molecule has 0 radical (unpaired) electrons. The number of hydrogen-bond acceptors (Lipinski definition) is 4. The number of benzene rings is 1. The summed E-state index contributed by atoms with van der Waals surface area (Å²) in [6.07, 6.45) is 0. The predicted molar refractivity (Wildman–Crippen MR) is 79.6 cm³/mol. The highest BCUT2D eigenvalue weighted by molar-refractivity contribution is 6.00. The lowest BCUT2D eigenvalue weighted by molar-refractivity contribution is 0.100. The molecule has 2 rings (SSSR count). The fourth-order valence-corrected chi connectivity index (χ4v) is 2.30. The number of anilines is 2. The maximum Gasteiger partial charge on any atom is 0.250 e. The van der Waals surface area contributed by atoms with Gasteiger partial charge in [-0.1, -0.05) is 6.07 Å². The molecule has 1 aromatic carbocycles. The number of furan rings is 1. The Labute approximate surface area is 117 Å². The van der Waals surface area contributed by atoms with Crippen molar-refractivity contribution >= 4 is 17.3 Å². The molecule has 5 N–H and O–H groups in total. The van der Waals surface area contributed by atoms with Crippen LogP contribution in [0, 0.1) is 13.8 Å². The number of aryl methyl sites for hydroxylation is 2. The summed E-state index contributed by atoms with van der Waals surface area (Å²) in [4.78, 5) is 11.3. The van der Waals surface area contributed by atoms with Gasteiger partial charge in [-0.2, -0.15) is 0 Å². The predicted octanol–water partition coefficient (Wildman–Crippen LogP) is 2.75. The maximum atomic E-state index is 11.3. The quantitative estimate of drug-likeness (QED) is 0.746. The number of nitrogens with two attached hydrogens (primary N) is 2. The highest BCUT2D eigenvalue weighted by atomic mass is 16.3.